The Morgan fingerprint density at radius 1 is 0.976 bits per heavy atom. The molecule has 3 aromatic carbocycles. The second-order valence-electron chi connectivity index (χ2n) is 10.4. The van der Waals surface area contributed by atoms with Crippen LogP contribution in [0.25, 0.3) is 44.4 Å². The number of amides is 1. The monoisotopic (exact) mass is 599 g/mol. The number of hydrogen-bond acceptors (Lipinski definition) is 5. The van der Waals surface area contributed by atoms with Gasteiger partial charge in [0.25, 0.3) is 0 Å². The molecule has 0 bridgehead atoms. The summed E-state index contributed by atoms with van der Waals surface area (Å²) in [5.74, 6) is 0.632. The lowest BCUT2D eigenvalue weighted by Crippen LogP contribution is -2.35. The number of nitrogens with two attached hydrogens (primary N) is 1. The van der Waals surface area contributed by atoms with E-state index in [0.717, 1.165) is 56.4 Å². The maximum atomic E-state index is 11.5. The van der Waals surface area contributed by atoms with Gasteiger partial charge < -0.3 is 26.1 Å². The van der Waals surface area contributed by atoms with Crippen molar-refractivity contribution in [3.63, 3.8) is 0 Å². The molecule has 214 valence electrons. The largest absolute Gasteiger partial charge is 0.481 e. The van der Waals surface area contributed by atoms with Gasteiger partial charge in [0, 0.05) is 76.5 Å². The van der Waals surface area contributed by atoms with E-state index < -0.39 is 0 Å². The molecule has 5 N–H and O–H groups in total. The van der Waals surface area contributed by atoms with Gasteiger partial charge in [0.05, 0.1) is 22.8 Å². The number of H-pyrrole nitrogens is 1. The smallest absolute Gasteiger partial charge is 0.220 e. The molecule has 1 saturated heterocycles. The normalized spacial score (nSPS) is 14.9. The van der Waals surface area contributed by atoms with Crippen LogP contribution in [0.15, 0.2) is 72.8 Å². The number of methoxy groups -OCH3 is 1. The number of aromatic nitrogens is 2. The molecule has 0 radical (unpaired) electrons. The molecule has 42 heavy (non-hydrogen) atoms. The summed E-state index contributed by atoms with van der Waals surface area (Å²) >= 11 is 14.1. The summed E-state index contributed by atoms with van der Waals surface area (Å²) in [4.78, 5) is 19.6. The zero-order chi connectivity index (χ0) is 29.2. The van der Waals surface area contributed by atoms with Crippen LogP contribution in [0.1, 0.15) is 24.1 Å². The van der Waals surface area contributed by atoms with Gasteiger partial charge in [-0.2, -0.15) is 0 Å². The first-order chi connectivity index (χ1) is 20.4. The van der Waals surface area contributed by atoms with Crippen LogP contribution in [-0.2, 0) is 17.9 Å². The maximum absolute atomic E-state index is 11.5. The Hall–Kier alpha value is -3.88. The summed E-state index contributed by atoms with van der Waals surface area (Å²) in [6.07, 6.45) is 1.43. The zero-order valence-corrected chi connectivity index (χ0v) is 24.6. The molecule has 2 aromatic heterocycles. The van der Waals surface area contributed by atoms with Crippen molar-refractivity contribution in [1.29, 1.82) is 0 Å². The summed E-state index contributed by atoms with van der Waals surface area (Å²) in [7, 11) is 1.61. The van der Waals surface area contributed by atoms with E-state index in [0.29, 0.717) is 47.7 Å². The number of carbonyl (C=O) groups is 1. The second kappa shape index (κ2) is 12.2. The summed E-state index contributed by atoms with van der Waals surface area (Å²) in [5, 5.41) is 8.63. The molecular formula is C33H31Cl2N5O2. The maximum Gasteiger partial charge on any atom is 0.220 e. The van der Waals surface area contributed by atoms with Gasteiger partial charge in [-0.25, -0.2) is 4.98 Å². The van der Waals surface area contributed by atoms with Crippen molar-refractivity contribution in [3.8, 4) is 39.4 Å². The van der Waals surface area contributed by atoms with Gasteiger partial charge in [-0.3, -0.25) is 4.79 Å². The molecule has 3 heterocycles. The number of ether oxygens (including phenoxy) is 1. The Labute approximate surface area is 254 Å². The van der Waals surface area contributed by atoms with E-state index in [-0.39, 0.29) is 11.9 Å². The van der Waals surface area contributed by atoms with Crippen molar-refractivity contribution in [2.24, 2.45) is 5.73 Å². The molecule has 7 nitrogen and oxygen atoms in total. The number of carbonyl (C=O) groups excluding carboxylic acids is 1. The van der Waals surface area contributed by atoms with E-state index in [1.807, 2.05) is 54.6 Å². The Balaban J connectivity index is 1.28. The SMILES string of the molecule is COc1nc(-c2cccc(-c3cccc(-c4ccc5[nH]c(CN)cc5c4)c3Cl)c2Cl)ccc1CNC[C@@H]1CCC(=O)N1. The third-order valence-electron chi connectivity index (χ3n) is 7.69. The van der Waals surface area contributed by atoms with Crippen LogP contribution < -0.4 is 21.1 Å². The highest BCUT2D eigenvalue weighted by atomic mass is 35.5. The van der Waals surface area contributed by atoms with Crippen molar-refractivity contribution < 1.29 is 9.53 Å². The Morgan fingerprint density at radius 3 is 2.43 bits per heavy atom. The topological polar surface area (TPSA) is 105 Å². The highest BCUT2D eigenvalue weighted by molar-refractivity contribution is 6.39. The van der Waals surface area contributed by atoms with Gasteiger partial charge in [-0.05, 0) is 36.2 Å². The van der Waals surface area contributed by atoms with E-state index in [9.17, 15) is 4.79 Å². The van der Waals surface area contributed by atoms with Crippen LogP contribution in [-0.4, -0.2) is 35.6 Å². The lowest BCUT2D eigenvalue weighted by Gasteiger charge is -2.16. The fourth-order valence-electron chi connectivity index (χ4n) is 5.51. The molecule has 0 unspecified atom stereocenters. The fraction of sp³-hybridized carbons (Fsp3) is 0.212. The number of halogens is 2. The minimum Gasteiger partial charge on any atom is -0.481 e. The Bertz CT molecular complexity index is 1780. The third kappa shape index (κ3) is 5.61. The van der Waals surface area contributed by atoms with E-state index in [4.69, 9.17) is 38.7 Å². The molecule has 1 fully saturated rings. The zero-order valence-electron chi connectivity index (χ0n) is 23.1. The van der Waals surface area contributed by atoms with Crippen LogP contribution >= 0.6 is 23.2 Å². The van der Waals surface area contributed by atoms with Crippen molar-refractivity contribution in [2.45, 2.75) is 32.0 Å². The first kappa shape index (κ1) is 28.2. The number of aromatic amines is 1. The molecule has 0 saturated carbocycles. The van der Waals surface area contributed by atoms with Crippen LogP contribution in [0.4, 0.5) is 0 Å². The number of fused-ring (bicyclic) bond motifs is 1. The summed E-state index contributed by atoms with van der Waals surface area (Å²) < 4.78 is 5.63. The van der Waals surface area contributed by atoms with Crippen LogP contribution in [0, 0.1) is 0 Å². The molecule has 0 aliphatic carbocycles. The summed E-state index contributed by atoms with van der Waals surface area (Å²) in [6.45, 7) is 1.72. The fourth-order valence-corrected chi connectivity index (χ4v) is 6.17. The summed E-state index contributed by atoms with van der Waals surface area (Å²) in [5.41, 5.74) is 13.8. The van der Waals surface area contributed by atoms with E-state index in [1.165, 1.54) is 0 Å². The molecular weight excluding hydrogens is 569 g/mol. The van der Waals surface area contributed by atoms with Crippen LogP contribution in [0.5, 0.6) is 5.88 Å². The van der Waals surface area contributed by atoms with Gasteiger partial charge >= 0.3 is 0 Å². The predicted molar refractivity (Wildman–Crippen MR) is 170 cm³/mol. The van der Waals surface area contributed by atoms with Gasteiger partial charge in [0.1, 0.15) is 0 Å². The van der Waals surface area contributed by atoms with Gasteiger partial charge in [-0.1, -0.05) is 71.7 Å². The molecule has 6 rings (SSSR count). The predicted octanol–water partition coefficient (Wildman–Crippen LogP) is 6.71. The average molecular weight is 601 g/mol. The quantitative estimate of drug-likeness (QED) is 0.151. The summed E-state index contributed by atoms with van der Waals surface area (Å²) in [6, 6.07) is 24.2. The molecule has 1 amide bonds. The minimum atomic E-state index is 0.108. The van der Waals surface area contributed by atoms with Gasteiger partial charge in [0.15, 0.2) is 0 Å². The van der Waals surface area contributed by atoms with Gasteiger partial charge in [-0.15, -0.1) is 0 Å². The van der Waals surface area contributed by atoms with Crippen LogP contribution in [0.3, 0.4) is 0 Å². The molecule has 1 atom stereocenters. The molecule has 9 heteroatoms. The van der Waals surface area contributed by atoms with Crippen molar-refractivity contribution in [3.05, 3.63) is 94.1 Å². The lowest BCUT2D eigenvalue weighted by molar-refractivity contribution is -0.119. The van der Waals surface area contributed by atoms with Crippen molar-refractivity contribution in [2.75, 3.05) is 13.7 Å². The third-order valence-corrected chi connectivity index (χ3v) is 8.51. The second-order valence-corrected chi connectivity index (χ2v) is 11.2. The Morgan fingerprint density at radius 2 is 1.71 bits per heavy atom. The van der Waals surface area contributed by atoms with E-state index >= 15 is 0 Å². The highest BCUT2D eigenvalue weighted by Gasteiger charge is 2.21. The number of nitrogens with zero attached hydrogens (tertiary/aromatic N) is 1. The van der Waals surface area contributed by atoms with Crippen molar-refractivity contribution >= 4 is 40.0 Å². The van der Waals surface area contributed by atoms with E-state index in [1.54, 1.807) is 7.11 Å². The van der Waals surface area contributed by atoms with Gasteiger partial charge in [0.2, 0.25) is 11.8 Å². The minimum absolute atomic E-state index is 0.108. The molecule has 1 aliphatic rings. The first-order valence-corrected chi connectivity index (χ1v) is 14.6. The molecule has 1 aliphatic heterocycles. The Kier molecular flexibility index (Phi) is 8.18. The van der Waals surface area contributed by atoms with E-state index in [2.05, 4.69) is 33.8 Å². The molecule has 0 spiro atoms. The van der Waals surface area contributed by atoms with Crippen molar-refractivity contribution in [1.82, 2.24) is 20.6 Å². The number of nitrogens with one attached hydrogen (secondary N) is 3. The van der Waals surface area contributed by atoms with Crippen LogP contribution in [0.2, 0.25) is 10.0 Å². The highest BCUT2D eigenvalue weighted by Crippen LogP contribution is 2.42. The average Bonchev–Trinajstić information content (AvgIpc) is 3.62. The number of hydrogen-bond donors (Lipinski definition) is 4. The lowest BCUT2D eigenvalue weighted by atomic mass is 9.96. The number of pyridine rings is 1. The first-order valence-electron chi connectivity index (χ1n) is 13.9. The standard InChI is InChI=1S/C33H31Cl2N5O2/c1-42-33-20(17-37-18-22-10-13-30(41)39-22)9-12-29(40-33)27-7-3-6-26(32(27)35)25-5-2-4-24(31(25)34)19-8-11-28-21(14-19)15-23(16-36)38-28/h2-9,11-12,14-15,22,37-38H,10,13,16-18,36H2,1H3,(H,39,41)/t22-/m0/s1. The number of benzene rings is 3. The number of rotatable bonds is 9. The molecule has 5 aromatic rings.